The minimum atomic E-state index is -0.139. The van der Waals surface area contributed by atoms with Crippen LogP contribution in [0.5, 0.6) is 11.5 Å². The second-order valence-electron chi connectivity index (χ2n) is 5.86. The predicted molar refractivity (Wildman–Crippen MR) is 106 cm³/mol. The molecule has 0 N–H and O–H groups in total. The number of hydrogen-bond acceptors (Lipinski definition) is 4. The van der Waals surface area contributed by atoms with Crippen LogP contribution in [0.2, 0.25) is 0 Å². The van der Waals surface area contributed by atoms with Crippen LogP contribution in [0.4, 0.5) is 0 Å². The highest BCUT2D eigenvalue weighted by atomic mass is 79.9. The highest BCUT2D eigenvalue weighted by molar-refractivity contribution is 9.11. The number of ether oxygens (including phenoxy) is 3. The third-order valence-electron chi connectivity index (χ3n) is 4.29. The topological polar surface area (TPSA) is 48.0 Å². The number of benzene rings is 2. The molecule has 0 spiro atoms. The summed E-state index contributed by atoms with van der Waals surface area (Å²) in [5.74, 6) is 1.05. The molecule has 26 heavy (non-hydrogen) atoms. The third-order valence-corrected chi connectivity index (χ3v) is 5.60. The van der Waals surface area contributed by atoms with Crippen LogP contribution < -0.4 is 9.47 Å². The van der Waals surface area contributed by atoms with Crippen LogP contribution in [-0.4, -0.2) is 44.7 Å². The molecule has 1 unspecified atom stereocenters. The monoisotopic (exact) mass is 483 g/mol. The zero-order chi connectivity index (χ0) is 18.7. The molecular weight excluding hydrogens is 466 g/mol. The van der Waals surface area contributed by atoms with E-state index in [0.717, 1.165) is 10.0 Å². The fraction of sp³-hybridized carbons (Fsp3) is 0.316. The summed E-state index contributed by atoms with van der Waals surface area (Å²) in [7, 11) is 3.12. The van der Waals surface area contributed by atoms with Gasteiger partial charge in [-0.05, 0) is 45.8 Å². The zero-order valence-corrected chi connectivity index (χ0v) is 17.7. The lowest BCUT2D eigenvalue weighted by Crippen LogP contribution is -2.42. The van der Waals surface area contributed by atoms with Crippen molar-refractivity contribution in [1.82, 2.24) is 4.90 Å². The fourth-order valence-electron chi connectivity index (χ4n) is 2.89. The van der Waals surface area contributed by atoms with Crippen molar-refractivity contribution in [1.29, 1.82) is 0 Å². The predicted octanol–water partition coefficient (Wildman–Crippen LogP) is 4.44. The van der Waals surface area contributed by atoms with Crippen molar-refractivity contribution < 1.29 is 19.0 Å². The van der Waals surface area contributed by atoms with Crippen LogP contribution in [0, 0.1) is 0 Å². The summed E-state index contributed by atoms with van der Waals surface area (Å²) in [5.41, 5.74) is 1.58. The first-order valence-electron chi connectivity index (χ1n) is 8.11. The van der Waals surface area contributed by atoms with Gasteiger partial charge < -0.3 is 19.1 Å². The highest BCUT2D eigenvalue weighted by Crippen LogP contribution is 2.36. The molecule has 7 heteroatoms. The van der Waals surface area contributed by atoms with Crippen molar-refractivity contribution in [3.8, 4) is 11.5 Å². The first kappa shape index (κ1) is 19.2. The Balaban J connectivity index is 1.82. The van der Waals surface area contributed by atoms with Crippen molar-refractivity contribution in [2.45, 2.75) is 6.10 Å². The molecule has 1 aliphatic heterocycles. The Labute approximate surface area is 169 Å². The number of hydrogen-bond donors (Lipinski definition) is 0. The Morgan fingerprint density at radius 2 is 1.73 bits per heavy atom. The molecule has 2 aromatic carbocycles. The van der Waals surface area contributed by atoms with E-state index in [1.807, 2.05) is 24.3 Å². The van der Waals surface area contributed by atoms with Crippen LogP contribution in [-0.2, 0) is 4.74 Å². The van der Waals surface area contributed by atoms with Crippen molar-refractivity contribution in [2.24, 2.45) is 0 Å². The van der Waals surface area contributed by atoms with Gasteiger partial charge in [-0.1, -0.05) is 28.1 Å². The lowest BCUT2D eigenvalue weighted by atomic mass is 10.1. The summed E-state index contributed by atoms with van der Waals surface area (Å²) in [4.78, 5) is 14.8. The number of halogens is 2. The van der Waals surface area contributed by atoms with E-state index in [-0.39, 0.29) is 12.0 Å². The summed E-state index contributed by atoms with van der Waals surface area (Å²) < 4.78 is 18.2. The van der Waals surface area contributed by atoms with Gasteiger partial charge in [-0.2, -0.15) is 0 Å². The quantitative estimate of drug-likeness (QED) is 0.643. The summed E-state index contributed by atoms with van der Waals surface area (Å²) in [5, 5.41) is 0. The number of methoxy groups -OCH3 is 2. The van der Waals surface area contributed by atoms with E-state index >= 15 is 0 Å². The number of amides is 1. The molecule has 1 heterocycles. The third kappa shape index (κ3) is 4.05. The summed E-state index contributed by atoms with van der Waals surface area (Å²) in [6.07, 6.45) is -0.139. The molecule has 0 aromatic heterocycles. The number of carbonyl (C=O) groups is 1. The molecular formula is C19H19Br2NO4. The summed E-state index contributed by atoms with van der Waals surface area (Å²) in [6, 6.07) is 11.4. The minimum absolute atomic E-state index is 0.0699. The van der Waals surface area contributed by atoms with E-state index in [2.05, 4.69) is 31.9 Å². The highest BCUT2D eigenvalue weighted by Gasteiger charge is 2.27. The van der Waals surface area contributed by atoms with Crippen LogP contribution in [0.15, 0.2) is 45.3 Å². The molecule has 1 amide bonds. The number of nitrogens with zero attached hydrogens (tertiary/aromatic N) is 1. The van der Waals surface area contributed by atoms with Crippen LogP contribution in [0.3, 0.4) is 0 Å². The molecule has 1 saturated heterocycles. The molecule has 5 nitrogen and oxygen atoms in total. The average molecular weight is 485 g/mol. The number of rotatable bonds is 4. The molecule has 2 aromatic rings. The van der Waals surface area contributed by atoms with Crippen molar-refractivity contribution in [3.63, 3.8) is 0 Å². The smallest absolute Gasteiger partial charge is 0.254 e. The molecule has 0 radical (unpaired) electrons. The second kappa shape index (κ2) is 8.41. The van der Waals surface area contributed by atoms with Gasteiger partial charge in [-0.15, -0.1) is 0 Å². The van der Waals surface area contributed by atoms with Crippen LogP contribution >= 0.6 is 31.9 Å². The normalized spacial score (nSPS) is 17.1. The van der Waals surface area contributed by atoms with Crippen LogP contribution in [0.1, 0.15) is 22.0 Å². The van der Waals surface area contributed by atoms with Crippen molar-refractivity contribution in [3.05, 3.63) is 56.5 Å². The Morgan fingerprint density at radius 1 is 1.12 bits per heavy atom. The number of carbonyl (C=O) groups excluding carboxylic acids is 1. The zero-order valence-electron chi connectivity index (χ0n) is 14.5. The Hall–Kier alpha value is -1.57. The van der Waals surface area contributed by atoms with E-state index in [1.165, 1.54) is 0 Å². The average Bonchev–Trinajstić information content (AvgIpc) is 2.68. The molecule has 1 fully saturated rings. The summed E-state index contributed by atoms with van der Waals surface area (Å²) >= 11 is 6.86. The molecule has 1 atom stereocenters. The first-order valence-corrected chi connectivity index (χ1v) is 9.70. The lowest BCUT2D eigenvalue weighted by Gasteiger charge is -2.33. The standard InChI is InChI=1S/C19H19Br2NO4/c1-24-15-9-13(10-16(25-2)18(15)21)19(23)22-7-8-26-17(11-22)12-3-5-14(20)6-4-12/h3-6,9-10,17H,7-8,11H2,1-2H3. The van der Waals surface area contributed by atoms with E-state index < -0.39 is 0 Å². The number of morpholine rings is 1. The molecule has 0 saturated carbocycles. The molecule has 0 bridgehead atoms. The fourth-order valence-corrected chi connectivity index (χ4v) is 3.71. The van der Waals surface area contributed by atoms with Crippen molar-refractivity contribution in [2.75, 3.05) is 33.9 Å². The lowest BCUT2D eigenvalue weighted by molar-refractivity contribution is -0.0228. The van der Waals surface area contributed by atoms with E-state index in [0.29, 0.717) is 41.2 Å². The van der Waals surface area contributed by atoms with Gasteiger partial charge in [0.05, 0.1) is 27.4 Å². The van der Waals surface area contributed by atoms with E-state index in [1.54, 1.807) is 31.3 Å². The maximum atomic E-state index is 13.0. The molecule has 1 aliphatic rings. The van der Waals surface area contributed by atoms with E-state index in [4.69, 9.17) is 14.2 Å². The van der Waals surface area contributed by atoms with Gasteiger partial charge in [0.25, 0.3) is 5.91 Å². The van der Waals surface area contributed by atoms with E-state index in [9.17, 15) is 4.79 Å². The Kier molecular flexibility index (Phi) is 6.21. The van der Waals surface area contributed by atoms with Gasteiger partial charge in [-0.3, -0.25) is 4.79 Å². The second-order valence-corrected chi connectivity index (χ2v) is 7.57. The SMILES string of the molecule is COc1cc(C(=O)N2CCOC(c3ccc(Br)cc3)C2)cc(OC)c1Br. The maximum Gasteiger partial charge on any atom is 0.254 e. The van der Waals surface area contributed by atoms with Gasteiger partial charge in [-0.25, -0.2) is 0 Å². The van der Waals surface area contributed by atoms with Crippen LogP contribution in [0.25, 0.3) is 0 Å². The van der Waals surface area contributed by atoms with Crippen molar-refractivity contribution >= 4 is 37.8 Å². The van der Waals surface area contributed by atoms with Gasteiger partial charge >= 0.3 is 0 Å². The minimum Gasteiger partial charge on any atom is -0.495 e. The van der Waals surface area contributed by atoms with Gasteiger partial charge in [0.1, 0.15) is 22.1 Å². The molecule has 3 rings (SSSR count). The Morgan fingerprint density at radius 3 is 2.31 bits per heavy atom. The van der Waals surface area contributed by atoms with Gasteiger partial charge in [0.2, 0.25) is 0 Å². The maximum absolute atomic E-state index is 13.0. The summed E-state index contributed by atoms with van der Waals surface area (Å²) in [6.45, 7) is 1.55. The first-order chi connectivity index (χ1) is 12.5. The molecule has 138 valence electrons. The van der Waals surface area contributed by atoms with Gasteiger partial charge in [0, 0.05) is 16.6 Å². The van der Waals surface area contributed by atoms with Gasteiger partial charge in [0.15, 0.2) is 0 Å². The largest absolute Gasteiger partial charge is 0.495 e. The Bertz CT molecular complexity index is 770. The molecule has 0 aliphatic carbocycles.